The molecule has 3 aromatic carbocycles. The Morgan fingerprint density at radius 3 is 2.61 bits per heavy atom. The molecule has 0 spiro atoms. The number of aryl methyl sites for hydroxylation is 3. The van der Waals surface area contributed by atoms with E-state index < -0.39 is 0 Å². The molecule has 1 unspecified atom stereocenters. The molecule has 1 aliphatic rings. The van der Waals surface area contributed by atoms with E-state index in [0.717, 1.165) is 63.4 Å². The van der Waals surface area contributed by atoms with E-state index in [0.29, 0.717) is 24.9 Å². The van der Waals surface area contributed by atoms with Gasteiger partial charge in [-0.25, -0.2) is 9.97 Å². The highest BCUT2D eigenvalue weighted by molar-refractivity contribution is 6.06. The molecule has 3 aromatic heterocycles. The monoisotopic (exact) mass is 612 g/mol. The summed E-state index contributed by atoms with van der Waals surface area (Å²) < 4.78 is 8.06. The average Bonchev–Trinajstić information content (AvgIpc) is 3.77. The molecule has 0 bridgehead atoms. The van der Waals surface area contributed by atoms with Crippen LogP contribution < -0.4 is 15.4 Å². The van der Waals surface area contributed by atoms with E-state index in [1.807, 2.05) is 81.7 Å². The molecule has 1 saturated heterocycles. The third-order valence-corrected chi connectivity index (χ3v) is 8.43. The summed E-state index contributed by atoms with van der Waals surface area (Å²) in [5, 5.41) is 11.7. The van der Waals surface area contributed by atoms with Gasteiger partial charge >= 0.3 is 0 Å². The van der Waals surface area contributed by atoms with E-state index in [4.69, 9.17) is 9.72 Å². The van der Waals surface area contributed by atoms with Crippen LogP contribution >= 0.6 is 0 Å². The van der Waals surface area contributed by atoms with Crippen LogP contribution in [0.4, 0.5) is 17.5 Å². The zero-order valence-electron chi connectivity index (χ0n) is 26.1. The number of aromatic amines is 1. The third-order valence-electron chi connectivity index (χ3n) is 8.43. The van der Waals surface area contributed by atoms with Crippen molar-refractivity contribution in [2.24, 2.45) is 7.05 Å². The lowest BCUT2D eigenvalue weighted by molar-refractivity contribution is -0.117. The molecular formula is C36H36N8O2. The van der Waals surface area contributed by atoms with Gasteiger partial charge in [-0.1, -0.05) is 54.6 Å². The van der Waals surface area contributed by atoms with Crippen LogP contribution in [0.5, 0.6) is 5.75 Å². The maximum Gasteiger partial charge on any atom is 0.238 e. The second-order valence-corrected chi connectivity index (χ2v) is 11.8. The minimum Gasteiger partial charge on any atom is -0.489 e. The second-order valence-electron chi connectivity index (χ2n) is 11.8. The van der Waals surface area contributed by atoms with Crippen LogP contribution in [0.2, 0.25) is 0 Å². The van der Waals surface area contributed by atoms with Gasteiger partial charge in [0.2, 0.25) is 11.9 Å². The molecule has 7 rings (SSSR count). The quantitative estimate of drug-likeness (QED) is 0.171. The second kappa shape index (κ2) is 12.5. The van der Waals surface area contributed by atoms with Gasteiger partial charge in [-0.05, 0) is 55.2 Å². The SMILES string of the molecule is Cc1cnc(Nc2cc(C)n(C)n2)nc1-c1c[nH]c2c(NC(=O)CN3CCC(Oc4ccc(-c5ccccc5)cc4)C3)cccc12. The minimum absolute atomic E-state index is 0.0435. The fourth-order valence-electron chi connectivity index (χ4n) is 5.94. The summed E-state index contributed by atoms with van der Waals surface area (Å²) in [5.41, 5.74) is 7.63. The van der Waals surface area contributed by atoms with Crippen molar-refractivity contribution in [1.82, 2.24) is 29.6 Å². The van der Waals surface area contributed by atoms with Crippen molar-refractivity contribution in [3.8, 4) is 28.1 Å². The van der Waals surface area contributed by atoms with Gasteiger partial charge in [0.05, 0.1) is 23.4 Å². The number of benzene rings is 3. The highest BCUT2D eigenvalue weighted by atomic mass is 16.5. The molecule has 6 aromatic rings. The summed E-state index contributed by atoms with van der Waals surface area (Å²) in [6.07, 6.45) is 4.65. The topological polar surface area (TPSA) is 113 Å². The van der Waals surface area contributed by atoms with Gasteiger partial charge in [0.15, 0.2) is 5.82 Å². The Bertz CT molecular complexity index is 1980. The van der Waals surface area contributed by atoms with Crippen LogP contribution in [0.15, 0.2) is 91.3 Å². The van der Waals surface area contributed by atoms with Gasteiger partial charge in [-0.15, -0.1) is 0 Å². The molecule has 46 heavy (non-hydrogen) atoms. The standard InChI is InChI=1S/C36H36N8O2/c1-23-19-38-36(40-32-18-24(2)43(3)42-32)41-34(23)30-20-37-35-29(30)10-7-11-31(35)39-33(45)22-44-17-16-28(21-44)46-27-14-12-26(13-15-27)25-8-5-4-6-9-25/h4-15,18-20,28,37H,16-17,21-22H2,1-3H3,(H,39,45)(H,38,40,41,42). The molecule has 1 atom stereocenters. The van der Waals surface area contributed by atoms with E-state index in [1.165, 1.54) is 5.56 Å². The maximum atomic E-state index is 13.2. The minimum atomic E-state index is -0.0631. The number of para-hydroxylation sites is 1. The van der Waals surface area contributed by atoms with Crippen molar-refractivity contribution < 1.29 is 9.53 Å². The zero-order valence-corrected chi connectivity index (χ0v) is 26.1. The van der Waals surface area contributed by atoms with Crippen LogP contribution in [0.1, 0.15) is 17.7 Å². The van der Waals surface area contributed by atoms with Gasteiger partial charge < -0.3 is 20.4 Å². The van der Waals surface area contributed by atoms with Gasteiger partial charge in [0, 0.05) is 55.2 Å². The van der Waals surface area contributed by atoms with E-state index in [-0.39, 0.29) is 12.0 Å². The molecule has 1 aliphatic heterocycles. The number of ether oxygens (including phenoxy) is 1. The Morgan fingerprint density at radius 2 is 1.83 bits per heavy atom. The number of rotatable bonds is 9. The average molecular weight is 613 g/mol. The molecule has 1 amide bonds. The third kappa shape index (κ3) is 6.20. The summed E-state index contributed by atoms with van der Waals surface area (Å²) in [6.45, 7) is 5.78. The predicted octanol–water partition coefficient (Wildman–Crippen LogP) is 6.48. The number of fused-ring (bicyclic) bond motifs is 1. The van der Waals surface area contributed by atoms with Crippen molar-refractivity contribution in [3.63, 3.8) is 0 Å². The van der Waals surface area contributed by atoms with Gasteiger partial charge in [0.1, 0.15) is 11.9 Å². The molecule has 1 fully saturated rings. The first-order chi connectivity index (χ1) is 22.4. The number of hydrogen-bond donors (Lipinski definition) is 3. The molecule has 3 N–H and O–H groups in total. The molecule has 10 nitrogen and oxygen atoms in total. The summed E-state index contributed by atoms with van der Waals surface area (Å²) in [5.74, 6) is 1.94. The highest BCUT2D eigenvalue weighted by Crippen LogP contribution is 2.33. The largest absolute Gasteiger partial charge is 0.489 e. The number of carbonyl (C=O) groups excluding carboxylic acids is 1. The number of hydrogen-bond acceptors (Lipinski definition) is 7. The lowest BCUT2D eigenvalue weighted by Crippen LogP contribution is -2.33. The number of anilines is 3. The van der Waals surface area contributed by atoms with Crippen LogP contribution in [0, 0.1) is 13.8 Å². The Labute approximate surface area is 267 Å². The van der Waals surface area contributed by atoms with Crippen LogP contribution in [-0.4, -0.2) is 61.3 Å². The van der Waals surface area contributed by atoms with E-state index in [9.17, 15) is 4.79 Å². The molecule has 0 radical (unpaired) electrons. The smallest absolute Gasteiger partial charge is 0.238 e. The first kappa shape index (κ1) is 29.2. The lowest BCUT2D eigenvalue weighted by Gasteiger charge is -2.17. The van der Waals surface area contributed by atoms with Crippen molar-refractivity contribution in [2.75, 3.05) is 30.3 Å². The number of H-pyrrole nitrogens is 1. The zero-order chi connectivity index (χ0) is 31.6. The summed E-state index contributed by atoms with van der Waals surface area (Å²) in [6, 6.07) is 26.4. The Balaban J connectivity index is 0.989. The molecule has 232 valence electrons. The number of nitrogens with zero attached hydrogens (tertiary/aromatic N) is 5. The summed E-state index contributed by atoms with van der Waals surface area (Å²) in [7, 11) is 1.90. The van der Waals surface area contributed by atoms with E-state index >= 15 is 0 Å². The number of carbonyl (C=O) groups is 1. The van der Waals surface area contributed by atoms with E-state index in [1.54, 1.807) is 10.9 Å². The summed E-state index contributed by atoms with van der Waals surface area (Å²) in [4.78, 5) is 28.0. The van der Waals surface area contributed by atoms with Crippen LogP contribution in [0.25, 0.3) is 33.3 Å². The Kier molecular flexibility index (Phi) is 7.94. The number of amides is 1. The van der Waals surface area contributed by atoms with Crippen LogP contribution in [0.3, 0.4) is 0 Å². The van der Waals surface area contributed by atoms with Crippen LogP contribution in [-0.2, 0) is 11.8 Å². The predicted molar refractivity (Wildman–Crippen MR) is 181 cm³/mol. The van der Waals surface area contributed by atoms with Gasteiger partial charge in [-0.3, -0.25) is 14.4 Å². The number of likely N-dealkylation sites (tertiary alicyclic amines) is 1. The lowest BCUT2D eigenvalue weighted by atomic mass is 10.1. The fourth-order valence-corrected chi connectivity index (χ4v) is 5.94. The molecule has 0 saturated carbocycles. The number of aromatic nitrogens is 5. The molecule has 10 heteroatoms. The van der Waals surface area contributed by atoms with Gasteiger partial charge in [0.25, 0.3) is 0 Å². The summed E-state index contributed by atoms with van der Waals surface area (Å²) >= 11 is 0. The first-order valence-electron chi connectivity index (χ1n) is 15.5. The first-order valence-corrected chi connectivity index (χ1v) is 15.5. The van der Waals surface area contributed by atoms with Gasteiger partial charge in [-0.2, -0.15) is 5.10 Å². The van der Waals surface area contributed by atoms with Crippen molar-refractivity contribution in [2.45, 2.75) is 26.4 Å². The maximum absolute atomic E-state index is 13.2. The molecule has 4 heterocycles. The number of nitrogens with one attached hydrogen (secondary N) is 3. The Hall–Kier alpha value is -5.48. The van der Waals surface area contributed by atoms with Crippen molar-refractivity contribution in [3.05, 3.63) is 103 Å². The van der Waals surface area contributed by atoms with Crippen molar-refractivity contribution >= 4 is 34.3 Å². The Morgan fingerprint density at radius 1 is 1.02 bits per heavy atom. The molecule has 0 aliphatic carbocycles. The molecular weight excluding hydrogens is 576 g/mol. The highest BCUT2D eigenvalue weighted by Gasteiger charge is 2.26. The van der Waals surface area contributed by atoms with E-state index in [2.05, 4.69) is 54.9 Å². The van der Waals surface area contributed by atoms with Crippen molar-refractivity contribution in [1.29, 1.82) is 0 Å². The normalized spacial score (nSPS) is 14.9. The fraction of sp³-hybridized carbons (Fsp3) is 0.222.